The van der Waals surface area contributed by atoms with Crippen molar-refractivity contribution in [3.8, 4) is 0 Å². The van der Waals surface area contributed by atoms with Gasteiger partial charge in [-0.25, -0.2) is 4.39 Å². The number of halogens is 6. The number of carbonyl (C=O) groups excluding carboxylic acids is 1. The fourth-order valence-electron chi connectivity index (χ4n) is 0.874. The van der Waals surface area contributed by atoms with Gasteiger partial charge in [0.1, 0.15) is 0 Å². The summed E-state index contributed by atoms with van der Waals surface area (Å²) in [7, 11) is 0. The lowest BCUT2D eigenvalue weighted by atomic mass is 10.1. The number of Topliss-reactive ketones (excluding diaryl/α,β-unsaturated/α-hetero) is 1. The molecule has 1 aromatic carbocycles. The Morgan fingerprint density at radius 3 is 2.33 bits per heavy atom. The number of hydrogen-bond acceptors (Lipinski definition) is 1. The van der Waals surface area contributed by atoms with Crippen molar-refractivity contribution in [2.24, 2.45) is 0 Å². The zero-order valence-corrected chi connectivity index (χ0v) is 9.17. The van der Waals surface area contributed by atoms with Crippen LogP contribution < -0.4 is 0 Å². The molecule has 0 aliphatic heterocycles. The highest BCUT2D eigenvalue weighted by molar-refractivity contribution is 9.10. The molecule has 0 unspecified atom stereocenters. The van der Waals surface area contributed by atoms with Crippen molar-refractivity contribution in [3.63, 3.8) is 0 Å². The topological polar surface area (TPSA) is 17.1 Å². The fourth-order valence-corrected chi connectivity index (χ4v) is 1.68. The molecule has 0 aromatic heterocycles. The Kier molecular flexibility index (Phi) is 3.40. The summed E-state index contributed by atoms with van der Waals surface area (Å²) in [4.78, 5) is 10.7. The molecule has 1 aromatic rings. The van der Waals surface area contributed by atoms with Gasteiger partial charge in [-0.15, -0.1) is 0 Å². The van der Waals surface area contributed by atoms with Crippen LogP contribution >= 0.6 is 27.5 Å². The summed E-state index contributed by atoms with van der Waals surface area (Å²) in [6.07, 6.45) is -5.12. The summed E-state index contributed by atoms with van der Waals surface area (Å²) in [5.74, 6) is -3.63. The smallest absolute Gasteiger partial charge is 0.284 e. The minimum absolute atomic E-state index is 0.0986. The molecule has 0 aliphatic carbocycles. The van der Waals surface area contributed by atoms with Crippen molar-refractivity contribution >= 4 is 33.3 Å². The molecule has 0 amide bonds. The largest absolute Gasteiger partial charge is 0.454 e. The van der Waals surface area contributed by atoms with Gasteiger partial charge in [-0.1, -0.05) is 27.5 Å². The maximum atomic E-state index is 13.1. The van der Waals surface area contributed by atoms with E-state index in [9.17, 15) is 22.4 Å². The molecule has 7 heteroatoms. The number of ketones is 1. The number of benzene rings is 1. The predicted molar refractivity (Wildman–Crippen MR) is 49.5 cm³/mol. The molecule has 0 aliphatic rings. The lowest BCUT2D eigenvalue weighted by Crippen LogP contribution is -2.23. The molecule has 0 fully saturated rings. The van der Waals surface area contributed by atoms with E-state index < -0.39 is 28.4 Å². The van der Waals surface area contributed by atoms with E-state index >= 15 is 0 Å². The standard InChI is InChI=1S/C8H2BrClF4O/c9-3-1-4(6(11)5(10)2-3)7(15)8(12,13)14/h1-2H. The molecule has 0 N–H and O–H groups in total. The lowest BCUT2D eigenvalue weighted by molar-refractivity contribution is -0.0887. The molecule has 0 spiro atoms. The molecule has 0 bridgehead atoms. The van der Waals surface area contributed by atoms with Crippen LogP contribution in [-0.4, -0.2) is 12.0 Å². The third-order valence-electron chi connectivity index (χ3n) is 1.50. The van der Waals surface area contributed by atoms with Crippen molar-refractivity contribution < 1.29 is 22.4 Å². The molecule has 82 valence electrons. The molecule has 0 radical (unpaired) electrons. The van der Waals surface area contributed by atoms with E-state index in [2.05, 4.69) is 15.9 Å². The van der Waals surface area contributed by atoms with Crippen molar-refractivity contribution in [1.82, 2.24) is 0 Å². The summed E-state index contributed by atoms with van der Waals surface area (Å²) in [5.41, 5.74) is -1.10. The van der Waals surface area contributed by atoms with Crippen molar-refractivity contribution in [3.05, 3.63) is 33.0 Å². The quantitative estimate of drug-likeness (QED) is 0.436. The van der Waals surface area contributed by atoms with Crippen LogP contribution in [0.25, 0.3) is 0 Å². The van der Waals surface area contributed by atoms with Crippen LogP contribution in [0.1, 0.15) is 10.4 Å². The summed E-state index contributed by atoms with van der Waals surface area (Å²) < 4.78 is 49.2. The maximum absolute atomic E-state index is 13.1. The Labute approximate surface area is 95.2 Å². The molecule has 1 nitrogen and oxygen atoms in total. The van der Waals surface area contributed by atoms with Gasteiger partial charge in [0.2, 0.25) is 0 Å². The minimum Gasteiger partial charge on any atom is -0.284 e. The molecule has 0 atom stereocenters. The first-order chi connectivity index (χ1) is 6.73. The first kappa shape index (κ1) is 12.4. The Morgan fingerprint density at radius 1 is 1.33 bits per heavy atom. The van der Waals surface area contributed by atoms with Gasteiger partial charge in [0, 0.05) is 4.47 Å². The third kappa shape index (κ3) is 2.69. The summed E-state index contributed by atoms with van der Waals surface area (Å²) in [6, 6.07) is 1.79. The van der Waals surface area contributed by atoms with E-state index in [4.69, 9.17) is 11.6 Å². The Bertz CT molecular complexity index is 416. The van der Waals surface area contributed by atoms with Gasteiger partial charge in [-0.05, 0) is 12.1 Å². The Morgan fingerprint density at radius 2 is 1.87 bits per heavy atom. The van der Waals surface area contributed by atoms with Crippen LogP contribution in [0.5, 0.6) is 0 Å². The molecule has 1 rings (SSSR count). The van der Waals surface area contributed by atoms with E-state index in [1.807, 2.05) is 0 Å². The van der Waals surface area contributed by atoms with Crippen LogP contribution in [0, 0.1) is 5.82 Å². The van der Waals surface area contributed by atoms with Crippen LogP contribution in [0.2, 0.25) is 5.02 Å². The summed E-state index contributed by atoms with van der Waals surface area (Å²) in [6.45, 7) is 0. The van der Waals surface area contributed by atoms with Crippen LogP contribution in [0.3, 0.4) is 0 Å². The molecule has 0 saturated carbocycles. The summed E-state index contributed by atoms with van der Waals surface area (Å²) in [5, 5.41) is -0.544. The number of hydrogen-bond donors (Lipinski definition) is 0. The fraction of sp³-hybridized carbons (Fsp3) is 0.125. The first-order valence-corrected chi connectivity index (χ1v) is 4.66. The van der Waals surface area contributed by atoms with E-state index in [0.29, 0.717) is 0 Å². The van der Waals surface area contributed by atoms with Crippen LogP contribution in [0.4, 0.5) is 17.6 Å². The zero-order valence-electron chi connectivity index (χ0n) is 6.83. The highest BCUT2D eigenvalue weighted by Crippen LogP contribution is 2.29. The van der Waals surface area contributed by atoms with E-state index in [0.717, 1.165) is 12.1 Å². The average Bonchev–Trinajstić information content (AvgIpc) is 2.08. The lowest BCUT2D eigenvalue weighted by Gasteiger charge is -2.07. The van der Waals surface area contributed by atoms with Gasteiger partial charge < -0.3 is 0 Å². The van der Waals surface area contributed by atoms with Crippen LogP contribution in [0.15, 0.2) is 16.6 Å². The highest BCUT2D eigenvalue weighted by atomic mass is 79.9. The van der Waals surface area contributed by atoms with Crippen molar-refractivity contribution in [2.75, 3.05) is 0 Å². The molecule has 0 heterocycles. The third-order valence-corrected chi connectivity index (χ3v) is 2.23. The van der Waals surface area contributed by atoms with Crippen LogP contribution in [-0.2, 0) is 0 Å². The molecule has 0 saturated heterocycles. The SMILES string of the molecule is O=C(c1cc(Br)cc(Cl)c1F)C(F)(F)F. The molecule has 15 heavy (non-hydrogen) atoms. The van der Waals surface area contributed by atoms with E-state index in [1.165, 1.54) is 0 Å². The second kappa shape index (κ2) is 4.09. The molecular weight excluding hydrogens is 303 g/mol. The number of rotatable bonds is 1. The van der Waals surface area contributed by atoms with E-state index in [1.54, 1.807) is 0 Å². The number of alkyl halides is 3. The van der Waals surface area contributed by atoms with Gasteiger partial charge >= 0.3 is 6.18 Å². The highest BCUT2D eigenvalue weighted by Gasteiger charge is 2.41. The summed E-state index contributed by atoms with van der Waals surface area (Å²) >= 11 is 8.10. The molecular formula is C8H2BrClF4O. The normalized spacial score (nSPS) is 11.6. The van der Waals surface area contributed by atoms with E-state index in [-0.39, 0.29) is 4.47 Å². The van der Waals surface area contributed by atoms with Gasteiger partial charge in [-0.3, -0.25) is 4.79 Å². The second-order valence-electron chi connectivity index (χ2n) is 2.58. The van der Waals surface area contributed by atoms with Gasteiger partial charge in [-0.2, -0.15) is 13.2 Å². The van der Waals surface area contributed by atoms with Crippen molar-refractivity contribution in [2.45, 2.75) is 6.18 Å². The first-order valence-electron chi connectivity index (χ1n) is 3.49. The van der Waals surface area contributed by atoms with Gasteiger partial charge in [0.05, 0.1) is 10.6 Å². The predicted octanol–water partition coefficient (Wildman–Crippen LogP) is 3.99. The van der Waals surface area contributed by atoms with Gasteiger partial charge in [0.15, 0.2) is 5.82 Å². The number of carbonyl (C=O) groups is 1. The Balaban J connectivity index is 3.32. The second-order valence-corrected chi connectivity index (χ2v) is 3.90. The Hall–Kier alpha value is -0.620. The van der Waals surface area contributed by atoms with Gasteiger partial charge in [0.25, 0.3) is 5.78 Å². The minimum atomic E-state index is -5.12. The maximum Gasteiger partial charge on any atom is 0.454 e. The average molecular weight is 305 g/mol. The van der Waals surface area contributed by atoms with Crippen molar-refractivity contribution in [1.29, 1.82) is 0 Å². The zero-order chi connectivity index (χ0) is 11.8. The monoisotopic (exact) mass is 304 g/mol.